The molecule has 1 aromatic heterocycles. The standard InChI is InChI=1S/C17H13NO2/c1-3-4-5-13-6-8-14(9-7-13)16-11-10-15(12-18-16)17(19)20-2/h3,6-12H,1H2,2H3. The maximum absolute atomic E-state index is 11.3. The third-order valence-corrected chi connectivity index (χ3v) is 2.68. The minimum Gasteiger partial charge on any atom is -0.465 e. The molecule has 1 aromatic carbocycles. The lowest BCUT2D eigenvalue weighted by Crippen LogP contribution is -2.01. The van der Waals surface area contributed by atoms with Crippen LogP contribution in [0.5, 0.6) is 0 Å². The minimum absolute atomic E-state index is 0.390. The first kappa shape index (κ1) is 13.6. The molecule has 0 spiro atoms. The van der Waals surface area contributed by atoms with E-state index in [4.69, 9.17) is 0 Å². The summed E-state index contributed by atoms with van der Waals surface area (Å²) in [5.74, 6) is 5.36. The number of aromatic nitrogens is 1. The number of nitrogens with zero attached hydrogens (tertiary/aromatic N) is 1. The summed E-state index contributed by atoms with van der Waals surface area (Å²) in [5.41, 5.74) is 3.11. The fourth-order valence-electron chi connectivity index (χ4n) is 1.66. The topological polar surface area (TPSA) is 39.2 Å². The Kier molecular flexibility index (Phi) is 4.31. The molecule has 0 amide bonds. The van der Waals surface area contributed by atoms with Crippen molar-refractivity contribution in [1.29, 1.82) is 0 Å². The molecule has 0 saturated heterocycles. The highest BCUT2D eigenvalue weighted by Crippen LogP contribution is 2.17. The smallest absolute Gasteiger partial charge is 0.339 e. The molecule has 0 atom stereocenters. The normalized spacial score (nSPS) is 9.25. The van der Waals surface area contributed by atoms with E-state index in [1.807, 2.05) is 24.3 Å². The van der Waals surface area contributed by atoms with Gasteiger partial charge in [-0.3, -0.25) is 4.98 Å². The number of hydrogen-bond donors (Lipinski definition) is 0. The van der Waals surface area contributed by atoms with Crippen LogP contribution in [0.3, 0.4) is 0 Å². The second kappa shape index (κ2) is 6.35. The van der Waals surface area contributed by atoms with Gasteiger partial charge in [0.15, 0.2) is 0 Å². The van der Waals surface area contributed by atoms with Crippen LogP contribution in [0.15, 0.2) is 55.3 Å². The van der Waals surface area contributed by atoms with Crippen molar-refractivity contribution in [3.8, 4) is 23.1 Å². The Bertz CT molecular complexity index is 674. The van der Waals surface area contributed by atoms with E-state index in [0.717, 1.165) is 16.8 Å². The van der Waals surface area contributed by atoms with E-state index in [2.05, 4.69) is 28.1 Å². The summed E-state index contributed by atoms with van der Waals surface area (Å²) < 4.78 is 4.63. The number of methoxy groups -OCH3 is 1. The number of allylic oxidation sites excluding steroid dienone is 1. The predicted octanol–water partition coefficient (Wildman–Crippen LogP) is 3.07. The molecule has 0 N–H and O–H groups in total. The molecule has 0 aliphatic heterocycles. The van der Waals surface area contributed by atoms with Crippen molar-refractivity contribution in [1.82, 2.24) is 4.98 Å². The quantitative estimate of drug-likeness (QED) is 0.617. The average molecular weight is 263 g/mol. The first-order valence-electron chi connectivity index (χ1n) is 6.02. The molecule has 0 fully saturated rings. The maximum Gasteiger partial charge on any atom is 0.339 e. The van der Waals surface area contributed by atoms with Crippen molar-refractivity contribution in [2.75, 3.05) is 7.11 Å². The molecule has 0 aliphatic carbocycles. The first-order valence-corrected chi connectivity index (χ1v) is 6.02. The fraction of sp³-hybridized carbons (Fsp3) is 0.0588. The van der Waals surface area contributed by atoms with Crippen LogP contribution in [0.2, 0.25) is 0 Å². The van der Waals surface area contributed by atoms with E-state index < -0.39 is 0 Å². The Balaban J connectivity index is 2.23. The molecular formula is C17H13NO2. The third-order valence-electron chi connectivity index (χ3n) is 2.68. The van der Waals surface area contributed by atoms with Gasteiger partial charge >= 0.3 is 5.97 Å². The lowest BCUT2D eigenvalue weighted by molar-refractivity contribution is 0.0600. The third kappa shape index (κ3) is 3.12. The summed E-state index contributed by atoms with van der Waals surface area (Å²) in [7, 11) is 1.35. The number of pyridine rings is 1. The van der Waals surface area contributed by atoms with Crippen LogP contribution in [0.4, 0.5) is 0 Å². The van der Waals surface area contributed by atoms with Crippen LogP contribution in [0, 0.1) is 11.8 Å². The highest BCUT2D eigenvalue weighted by molar-refractivity contribution is 5.89. The van der Waals surface area contributed by atoms with Gasteiger partial charge in [0.1, 0.15) is 0 Å². The van der Waals surface area contributed by atoms with Crippen LogP contribution in [-0.4, -0.2) is 18.1 Å². The Hall–Kier alpha value is -2.86. The fourth-order valence-corrected chi connectivity index (χ4v) is 1.66. The largest absolute Gasteiger partial charge is 0.465 e. The second-order valence-corrected chi connectivity index (χ2v) is 3.97. The molecule has 0 saturated carbocycles. The predicted molar refractivity (Wildman–Crippen MR) is 78.1 cm³/mol. The zero-order valence-corrected chi connectivity index (χ0v) is 11.1. The van der Waals surface area contributed by atoms with Crippen LogP contribution in [-0.2, 0) is 4.74 Å². The van der Waals surface area contributed by atoms with Gasteiger partial charge in [-0.2, -0.15) is 0 Å². The first-order chi connectivity index (χ1) is 9.74. The molecule has 1 heterocycles. The molecular weight excluding hydrogens is 250 g/mol. The van der Waals surface area contributed by atoms with E-state index in [1.54, 1.807) is 18.2 Å². The van der Waals surface area contributed by atoms with Crippen LogP contribution < -0.4 is 0 Å². The van der Waals surface area contributed by atoms with Gasteiger partial charge in [0.2, 0.25) is 0 Å². The van der Waals surface area contributed by atoms with E-state index in [9.17, 15) is 4.79 Å². The number of carbonyl (C=O) groups is 1. The van der Waals surface area contributed by atoms with E-state index in [1.165, 1.54) is 13.3 Å². The molecule has 0 radical (unpaired) electrons. The monoisotopic (exact) mass is 263 g/mol. The molecule has 0 bridgehead atoms. The van der Waals surface area contributed by atoms with Crippen molar-refractivity contribution < 1.29 is 9.53 Å². The van der Waals surface area contributed by atoms with Crippen LogP contribution >= 0.6 is 0 Å². The van der Waals surface area contributed by atoms with Gasteiger partial charge in [0.05, 0.1) is 18.4 Å². The lowest BCUT2D eigenvalue weighted by Gasteiger charge is -2.02. The highest BCUT2D eigenvalue weighted by Gasteiger charge is 2.06. The Morgan fingerprint density at radius 2 is 2.00 bits per heavy atom. The molecule has 3 heteroatoms. The number of rotatable bonds is 2. The summed E-state index contributed by atoms with van der Waals surface area (Å²) in [6, 6.07) is 11.2. The summed E-state index contributed by atoms with van der Waals surface area (Å²) in [5, 5.41) is 0. The molecule has 0 aliphatic rings. The molecule has 0 unspecified atom stereocenters. The molecule has 98 valence electrons. The maximum atomic E-state index is 11.3. The number of hydrogen-bond acceptors (Lipinski definition) is 3. The summed E-state index contributed by atoms with van der Waals surface area (Å²) >= 11 is 0. The number of esters is 1. The molecule has 2 rings (SSSR count). The lowest BCUT2D eigenvalue weighted by atomic mass is 10.1. The van der Waals surface area contributed by atoms with Gasteiger partial charge in [-0.1, -0.05) is 30.6 Å². The van der Waals surface area contributed by atoms with Gasteiger partial charge < -0.3 is 4.74 Å². The van der Waals surface area contributed by atoms with Crippen molar-refractivity contribution in [2.24, 2.45) is 0 Å². The Morgan fingerprint density at radius 1 is 1.25 bits per heavy atom. The Morgan fingerprint density at radius 3 is 2.55 bits per heavy atom. The zero-order valence-electron chi connectivity index (χ0n) is 11.1. The van der Waals surface area contributed by atoms with E-state index in [0.29, 0.717) is 5.56 Å². The number of carbonyl (C=O) groups excluding carboxylic acids is 1. The second-order valence-electron chi connectivity index (χ2n) is 3.97. The van der Waals surface area contributed by atoms with Gasteiger partial charge in [-0.05, 0) is 30.3 Å². The van der Waals surface area contributed by atoms with Crippen LogP contribution in [0.1, 0.15) is 15.9 Å². The van der Waals surface area contributed by atoms with Gasteiger partial charge in [-0.25, -0.2) is 4.79 Å². The molecule has 2 aromatic rings. The van der Waals surface area contributed by atoms with Crippen LogP contribution in [0.25, 0.3) is 11.3 Å². The Labute approximate surface area is 117 Å². The van der Waals surface area contributed by atoms with Gasteiger partial charge in [0.25, 0.3) is 0 Å². The average Bonchev–Trinajstić information content (AvgIpc) is 2.53. The summed E-state index contributed by atoms with van der Waals surface area (Å²) in [4.78, 5) is 15.6. The van der Waals surface area contributed by atoms with Crippen molar-refractivity contribution in [2.45, 2.75) is 0 Å². The van der Waals surface area contributed by atoms with Crippen molar-refractivity contribution in [3.63, 3.8) is 0 Å². The number of benzene rings is 1. The molecule has 20 heavy (non-hydrogen) atoms. The highest BCUT2D eigenvalue weighted by atomic mass is 16.5. The van der Waals surface area contributed by atoms with Crippen molar-refractivity contribution >= 4 is 5.97 Å². The summed E-state index contributed by atoms with van der Waals surface area (Å²) in [6.07, 6.45) is 3.06. The molecule has 3 nitrogen and oxygen atoms in total. The van der Waals surface area contributed by atoms with E-state index >= 15 is 0 Å². The van der Waals surface area contributed by atoms with Gasteiger partial charge in [0, 0.05) is 17.3 Å². The SMILES string of the molecule is C=CC#Cc1ccc(-c2ccc(C(=O)OC)cn2)cc1. The van der Waals surface area contributed by atoms with Crippen molar-refractivity contribution in [3.05, 3.63) is 66.4 Å². The van der Waals surface area contributed by atoms with E-state index in [-0.39, 0.29) is 5.97 Å². The van der Waals surface area contributed by atoms with Gasteiger partial charge in [-0.15, -0.1) is 0 Å². The minimum atomic E-state index is -0.390. The summed E-state index contributed by atoms with van der Waals surface area (Å²) in [6.45, 7) is 3.55. The zero-order chi connectivity index (χ0) is 14.4. The number of ether oxygens (including phenoxy) is 1.